The van der Waals surface area contributed by atoms with E-state index in [1.807, 2.05) is 6.92 Å². The van der Waals surface area contributed by atoms with Gasteiger partial charge >= 0.3 is 0 Å². The number of nitrogens with one attached hydrogen (secondary N) is 1. The molecule has 0 aliphatic carbocycles. The van der Waals surface area contributed by atoms with Crippen LogP contribution in [0.4, 0.5) is 11.4 Å². The van der Waals surface area contributed by atoms with Gasteiger partial charge in [0.25, 0.3) is 10.0 Å². The van der Waals surface area contributed by atoms with E-state index in [0.29, 0.717) is 10.6 Å². The van der Waals surface area contributed by atoms with E-state index in [1.165, 1.54) is 48.5 Å². The van der Waals surface area contributed by atoms with Crippen LogP contribution in [0.5, 0.6) is 0 Å². The van der Waals surface area contributed by atoms with Crippen LogP contribution in [0, 0.1) is 6.92 Å². The van der Waals surface area contributed by atoms with Gasteiger partial charge < -0.3 is 5.32 Å². The fourth-order valence-electron chi connectivity index (χ4n) is 3.71. The third kappa shape index (κ3) is 6.37. The number of anilines is 2. The molecule has 0 fully saturated rings. The second kappa shape index (κ2) is 11.6. The maximum Gasteiger partial charge on any atom is 0.264 e. The summed E-state index contributed by atoms with van der Waals surface area (Å²) < 4.78 is 28.2. The fourth-order valence-corrected chi connectivity index (χ4v) is 5.81. The molecule has 4 aromatic carbocycles. The first kappa shape index (κ1) is 27.7. The summed E-state index contributed by atoms with van der Waals surface area (Å²) in [5.74, 6) is -1.05. The van der Waals surface area contributed by atoms with Crippen LogP contribution in [0.1, 0.15) is 21.5 Å². The minimum absolute atomic E-state index is 0.0153. The minimum atomic E-state index is -4.20. The highest BCUT2D eigenvalue weighted by Crippen LogP contribution is 2.30. The molecule has 0 aliphatic rings. The summed E-state index contributed by atoms with van der Waals surface area (Å²) in [4.78, 5) is 26.4. The Labute approximate surface area is 235 Å². The summed E-state index contributed by atoms with van der Waals surface area (Å²) in [5.41, 5.74) is 1.73. The van der Waals surface area contributed by atoms with Crippen LogP contribution >= 0.6 is 34.8 Å². The number of sulfonamides is 1. The smallest absolute Gasteiger partial charge is 0.264 e. The van der Waals surface area contributed by atoms with Crippen molar-refractivity contribution >= 4 is 67.9 Å². The van der Waals surface area contributed by atoms with Crippen molar-refractivity contribution in [2.24, 2.45) is 0 Å². The van der Waals surface area contributed by atoms with E-state index in [1.54, 1.807) is 42.5 Å². The van der Waals surface area contributed by atoms with Crippen molar-refractivity contribution in [3.05, 3.63) is 123 Å². The summed E-state index contributed by atoms with van der Waals surface area (Å²) in [7, 11) is -4.20. The SMILES string of the molecule is Cc1ccc(S(=O)(=O)N(CC(=O)Nc2ccc(Cl)cc2C(=O)c2ccccc2)c2cc(Cl)cc(Cl)c2)cc1. The van der Waals surface area contributed by atoms with E-state index in [9.17, 15) is 18.0 Å². The Morgan fingerprint density at radius 2 is 1.42 bits per heavy atom. The zero-order valence-corrected chi connectivity index (χ0v) is 23.1. The monoisotopic (exact) mass is 586 g/mol. The normalized spacial score (nSPS) is 11.2. The van der Waals surface area contributed by atoms with Crippen molar-refractivity contribution in [1.29, 1.82) is 0 Å². The quantitative estimate of drug-likeness (QED) is 0.225. The second-order valence-electron chi connectivity index (χ2n) is 8.39. The molecule has 10 heteroatoms. The van der Waals surface area contributed by atoms with Crippen LogP contribution in [-0.2, 0) is 14.8 Å². The lowest BCUT2D eigenvalue weighted by molar-refractivity contribution is -0.114. The first-order chi connectivity index (χ1) is 18.0. The van der Waals surface area contributed by atoms with Crippen LogP contribution < -0.4 is 9.62 Å². The Hall–Kier alpha value is -3.36. The number of halogens is 3. The molecule has 0 atom stereocenters. The number of carbonyl (C=O) groups is 2. The standard InChI is InChI=1S/C28H21Cl3N2O4S/c1-18-7-10-24(11-8-18)38(36,37)33(23-14-21(30)13-22(31)15-23)17-27(34)32-26-12-9-20(29)16-25(26)28(35)19-5-3-2-4-6-19/h2-16H,17H2,1H3,(H,32,34). The summed E-state index contributed by atoms with van der Waals surface area (Å²) >= 11 is 18.4. The van der Waals surface area contributed by atoms with Crippen LogP contribution in [0.15, 0.2) is 95.9 Å². The van der Waals surface area contributed by atoms with Crippen molar-refractivity contribution in [3.63, 3.8) is 0 Å². The van der Waals surface area contributed by atoms with E-state index in [-0.39, 0.29) is 37.7 Å². The number of amides is 1. The highest BCUT2D eigenvalue weighted by molar-refractivity contribution is 7.92. The predicted octanol–water partition coefficient (Wildman–Crippen LogP) is 7.02. The molecule has 194 valence electrons. The van der Waals surface area contributed by atoms with Crippen molar-refractivity contribution in [2.75, 3.05) is 16.2 Å². The predicted molar refractivity (Wildman–Crippen MR) is 152 cm³/mol. The molecule has 0 aliphatic heterocycles. The number of aryl methyl sites for hydroxylation is 1. The van der Waals surface area contributed by atoms with Gasteiger partial charge in [-0.15, -0.1) is 0 Å². The minimum Gasteiger partial charge on any atom is -0.324 e. The first-order valence-electron chi connectivity index (χ1n) is 11.3. The Kier molecular flexibility index (Phi) is 8.43. The Balaban J connectivity index is 1.70. The number of carbonyl (C=O) groups excluding carboxylic acids is 2. The Morgan fingerprint density at radius 3 is 2.05 bits per heavy atom. The van der Waals surface area contributed by atoms with Crippen LogP contribution in [0.2, 0.25) is 15.1 Å². The Morgan fingerprint density at radius 1 is 0.789 bits per heavy atom. The molecular formula is C28H21Cl3N2O4S. The lowest BCUT2D eigenvalue weighted by atomic mass is 10.0. The third-order valence-electron chi connectivity index (χ3n) is 5.57. The molecule has 0 radical (unpaired) electrons. The molecule has 0 spiro atoms. The topological polar surface area (TPSA) is 83.6 Å². The van der Waals surface area contributed by atoms with Gasteiger partial charge in [-0.2, -0.15) is 0 Å². The van der Waals surface area contributed by atoms with Gasteiger partial charge in [0.15, 0.2) is 5.78 Å². The lowest BCUT2D eigenvalue weighted by Gasteiger charge is -2.25. The zero-order valence-electron chi connectivity index (χ0n) is 20.0. The summed E-state index contributed by atoms with van der Waals surface area (Å²) in [6, 6.07) is 23.5. The average Bonchev–Trinajstić information content (AvgIpc) is 2.88. The average molecular weight is 588 g/mol. The van der Waals surface area contributed by atoms with E-state index >= 15 is 0 Å². The maximum absolute atomic E-state index is 13.6. The molecule has 0 saturated heterocycles. The second-order valence-corrected chi connectivity index (χ2v) is 11.6. The maximum atomic E-state index is 13.6. The molecule has 0 aromatic heterocycles. The van der Waals surface area contributed by atoms with Gasteiger partial charge in [0, 0.05) is 26.2 Å². The van der Waals surface area contributed by atoms with Gasteiger partial charge in [-0.05, 0) is 55.5 Å². The molecule has 0 unspecified atom stereocenters. The molecule has 0 heterocycles. The fraction of sp³-hybridized carbons (Fsp3) is 0.0714. The van der Waals surface area contributed by atoms with Crippen LogP contribution in [-0.4, -0.2) is 26.7 Å². The lowest BCUT2D eigenvalue weighted by Crippen LogP contribution is -2.38. The van der Waals surface area contributed by atoms with E-state index in [0.717, 1.165) is 9.87 Å². The van der Waals surface area contributed by atoms with Gasteiger partial charge in [0.05, 0.1) is 16.3 Å². The first-order valence-corrected chi connectivity index (χ1v) is 13.9. The van der Waals surface area contributed by atoms with Crippen LogP contribution in [0.3, 0.4) is 0 Å². The highest BCUT2D eigenvalue weighted by Gasteiger charge is 2.28. The van der Waals surface area contributed by atoms with E-state index in [4.69, 9.17) is 34.8 Å². The highest BCUT2D eigenvalue weighted by atomic mass is 35.5. The number of ketones is 1. The van der Waals surface area contributed by atoms with Gasteiger partial charge in [0.2, 0.25) is 5.91 Å². The third-order valence-corrected chi connectivity index (χ3v) is 8.03. The number of hydrogen-bond acceptors (Lipinski definition) is 4. The van der Waals surface area contributed by atoms with Crippen molar-refractivity contribution in [2.45, 2.75) is 11.8 Å². The number of hydrogen-bond donors (Lipinski definition) is 1. The summed E-state index contributed by atoms with van der Waals surface area (Å²) in [6.07, 6.45) is 0. The molecule has 0 bridgehead atoms. The molecule has 38 heavy (non-hydrogen) atoms. The van der Waals surface area contributed by atoms with E-state index < -0.39 is 22.5 Å². The van der Waals surface area contributed by atoms with Gasteiger partial charge in [-0.25, -0.2) is 8.42 Å². The largest absolute Gasteiger partial charge is 0.324 e. The molecular weight excluding hydrogens is 567 g/mol. The van der Waals surface area contributed by atoms with Crippen molar-refractivity contribution < 1.29 is 18.0 Å². The van der Waals surface area contributed by atoms with Gasteiger partial charge in [-0.1, -0.05) is 82.8 Å². The molecule has 4 aromatic rings. The van der Waals surface area contributed by atoms with E-state index in [2.05, 4.69) is 5.32 Å². The number of rotatable bonds is 8. The molecule has 6 nitrogen and oxygen atoms in total. The van der Waals surface area contributed by atoms with Crippen LogP contribution in [0.25, 0.3) is 0 Å². The summed E-state index contributed by atoms with van der Waals surface area (Å²) in [5, 5.41) is 3.36. The number of nitrogens with zero attached hydrogens (tertiary/aromatic N) is 1. The summed E-state index contributed by atoms with van der Waals surface area (Å²) in [6.45, 7) is 1.22. The molecule has 0 saturated carbocycles. The molecule has 1 amide bonds. The van der Waals surface area contributed by atoms with Crippen molar-refractivity contribution in [1.82, 2.24) is 0 Å². The van der Waals surface area contributed by atoms with Gasteiger partial charge in [0.1, 0.15) is 6.54 Å². The molecule has 4 rings (SSSR count). The zero-order chi connectivity index (χ0) is 27.4. The number of benzene rings is 4. The van der Waals surface area contributed by atoms with Crippen molar-refractivity contribution in [3.8, 4) is 0 Å². The Bertz CT molecular complexity index is 1590. The van der Waals surface area contributed by atoms with Gasteiger partial charge in [-0.3, -0.25) is 13.9 Å². The molecule has 1 N–H and O–H groups in total.